The predicted molar refractivity (Wildman–Crippen MR) is 102 cm³/mol. The molecule has 0 spiro atoms. The van der Waals surface area contributed by atoms with Gasteiger partial charge in [-0.1, -0.05) is 11.6 Å². The molecule has 1 aliphatic rings. The third-order valence-corrected chi connectivity index (χ3v) is 4.55. The highest BCUT2D eigenvalue weighted by atomic mass is 35.5. The number of aryl methyl sites for hydroxylation is 1. The van der Waals surface area contributed by atoms with Crippen molar-refractivity contribution in [3.8, 4) is 0 Å². The maximum Gasteiger partial charge on any atom is 0.276 e. The summed E-state index contributed by atoms with van der Waals surface area (Å²) in [5, 5.41) is 3.13. The van der Waals surface area contributed by atoms with E-state index >= 15 is 0 Å². The number of nitrogens with one attached hydrogen (secondary N) is 1. The highest BCUT2D eigenvalue weighted by Crippen LogP contribution is 2.24. The maximum atomic E-state index is 12.6. The van der Waals surface area contributed by atoms with Crippen LogP contribution in [0, 0.1) is 6.92 Å². The molecule has 25 heavy (non-hydrogen) atoms. The summed E-state index contributed by atoms with van der Waals surface area (Å²) in [6, 6.07) is 5.78. The number of amides is 1. The van der Waals surface area contributed by atoms with Crippen molar-refractivity contribution in [2.24, 2.45) is 0 Å². The number of aromatic nitrogens is 2. The van der Waals surface area contributed by atoms with Crippen LogP contribution in [0.3, 0.4) is 0 Å². The molecule has 1 N–H and O–H groups in total. The average Bonchev–Trinajstić information content (AvgIpc) is 3.09. The van der Waals surface area contributed by atoms with E-state index in [9.17, 15) is 4.79 Å². The Hall–Kier alpha value is -2.34. The molecule has 1 aliphatic heterocycles. The van der Waals surface area contributed by atoms with Gasteiger partial charge in [-0.25, -0.2) is 9.97 Å². The molecule has 0 atom stereocenters. The molecule has 7 heteroatoms. The summed E-state index contributed by atoms with van der Waals surface area (Å²) < 4.78 is 0. The normalized spacial score (nSPS) is 13.8. The number of carbonyl (C=O) groups is 1. The summed E-state index contributed by atoms with van der Waals surface area (Å²) in [6.07, 6.45) is 3.73. The maximum absolute atomic E-state index is 12.6. The molecule has 1 saturated heterocycles. The Balaban J connectivity index is 1.81. The first-order valence-electron chi connectivity index (χ1n) is 8.32. The molecule has 0 bridgehead atoms. The van der Waals surface area contributed by atoms with E-state index in [1.54, 1.807) is 0 Å². The standard InChI is InChI=1S/C18H22ClN5O/c1-12-10-13(6-7-15(12)23(2)3)21-17(25)16-14(19)11-20-18(22-16)24-8-4-5-9-24/h6-7,10-11H,4-5,8-9H2,1-3H3,(H,21,25). The zero-order valence-corrected chi connectivity index (χ0v) is 15.5. The van der Waals surface area contributed by atoms with Crippen LogP contribution in [-0.4, -0.2) is 43.1 Å². The van der Waals surface area contributed by atoms with E-state index in [-0.39, 0.29) is 16.6 Å². The van der Waals surface area contributed by atoms with Crippen molar-refractivity contribution in [3.05, 3.63) is 40.7 Å². The number of nitrogens with zero attached hydrogens (tertiary/aromatic N) is 4. The van der Waals surface area contributed by atoms with Crippen LogP contribution in [0.5, 0.6) is 0 Å². The Labute approximate surface area is 152 Å². The third-order valence-electron chi connectivity index (χ3n) is 4.27. The van der Waals surface area contributed by atoms with Crippen molar-refractivity contribution in [2.45, 2.75) is 19.8 Å². The number of hydrogen-bond acceptors (Lipinski definition) is 5. The van der Waals surface area contributed by atoms with E-state index in [0.717, 1.165) is 37.2 Å². The molecule has 1 aromatic carbocycles. The van der Waals surface area contributed by atoms with E-state index in [0.29, 0.717) is 11.6 Å². The molecule has 2 heterocycles. The van der Waals surface area contributed by atoms with Crippen molar-refractivity contribution in [2.75, 3.05) is 42.3 Å². The van der Waals surface area contributed by atoms with Crippen LogP contribution in [0.1, 0.15) is 28.9 Å². The highest BCUT2D eigenvalue weighted by molar-refractivity contribution is 6.34. The first-order chi connectivity index (χ1) is 12.0. The number of anilines is 3. The van der Waals surface area contributed by atoms with E-state index in [2.05, 4.69) is 20.2 Å². The zero-order chi connectivity index (χ0) is 18.0. The lowest BCUT2D eigenvalue weighted by Crippen LogP contribution is -2.23. The van der Waals surface area contributed by atoms with Crippen molar-refractivity contribution >= 4 is 34.8 Å². The largest absolute Gasteiger partial charge is 0.377 e. The molecule has 6 nitrogen and oxygen atoms in total. The number of hydrogen-bond donors (Lipinski definition) is 1. The van der Waals surface area contributed by atoms with Gasteiger partial charge < -0.3 is 15.1 Å². The molecule has 1 fully saturated rings. The fourth-order valence-electron chi connectivity index (χ4n) is 3.01. The topological polar surface area (TPSA) is 61.4 Å². The molecule has 0 aliphatic carbocycles. The summed E-state index contributed by atoms with van der Waals surface area (Å²) in [7, 11) is 3.97. The Kier molecular flexibility index (Phi) is 5.08. The van der Waals surface area contributed by atoms with Crippen LogP contribution in [-0.2, 0) is 0 Å². The summed E-state index contributed by atoms with van der Waals surface area (Å²) in [5.74, 6) is 0.232. The van der Waals surface area contributed by atoms with Crippen LogP contribution >= 0.6 is 11.6 Å². The Morgan fingerprint density at radius 1 is 1.28 bits per heavy atom. The van der Waals surface area contributed by atoms with Crippen LogP contribution in [0.2, 0.25) is 5.02 Å². The first kappa shape index (κ1) is 17.5. The van der Waals surface area contributed by atoms with E-state index < -0.39 is 0 Å². The summed E-state index contributed by atoms with van der Waals surface area (Å²) in [4.78, 5) is 25.4. The molecule has 0 unspecified atom stereocenters. The number of benzene rings is 1. The lowest BCUT2D eigenvalue weighted by molar-refractivity contribution is 0.102. The Bertz CT molecular complexity index is 787. The minimum Gasteiger partial charge on any atom is -0.377 e. The van der Waals surface area contributed by atoms with E-state index in [4.69, 9.17) is 11.6 Å². The predicted octanol–water partition coefficient (Wildman–Crippen LogP) is 3.36. The van der Waals surface area contributed by atoms with Gasteiger partial charge in [-0.2, -0.15) is 0 Å². The number of carbonyl (C=O) groups excluding carboxylic acids is 1. The third kappa shape index (κ3) is 3.85. The van der Waals surface area contributed by atoms with Gasteiger partial charge in [0.2, 0.25) is 5.95 Å². The van der Waals surface area contributed by atoms with Gasteiger partial charge in [-0.05, 0) is 43.5 Å². The minimum atomic E-state index is -0.329. The van der Waals surface area contributed by atoms with Gasteiger partial charge in [-0.15, -0.1) is 0 Å². The van der Waals surface area contributed by atoms with Crippen molar-refractivity contribution in [1.29, 1.82) is 0 Å². The Morgan fingerprint density at radius 3 is 2.64 bits per heavy atom. The van der Waals surface area contributed by atoms with Crippen LogP contribution in [0.15, 0.2) is 24.4 Å². The van der Waals surface area contributed by atoms with Crippen LogP contribution in [0.25, 0.3) is 0 Å². The molecule has 0 saturated carbocycles. The smallest absolute Gasteiger partial charge is 0.276 e. The van der Waals surface area contributed by atoms with Gasteiger partial charge >= 0.3 is 0 Å². The number of halogens is 1. The molecular formula is C18H22ClN5O. The summed E-state index contributed by atoms with van der Waals surface area (Å²) in [6.45, 7) is 3.83. The van der Waals surface area contributed by atoms with Gasteiger partial charge in [0.1, 0.15) is 0 Å². The molecule has 0 radical (unpaired) electrons. The van der Waals surface area contributed by atoms with Gasteiger partial charge in [0.25, 0.3) is 5.91 Å². The fourth-order valence-corrected chi connectivity index (χ4v) is 3.19. The van der Waals surface area contributed by atoms with Gasteiger partial charge in [0.05, 0.1) is 11.2 Å². The second-order valence-corrected chi connectivity index (χ2v) is 6.82. The quantitative estimate of drug-likeness (QED) is 0.907. The SMILES string of the molecule is Cc1cc(NC(=O)c2nc(N3CCCC3)ncc2Cl)ccc1N(C)C. The van der Waals surface area contributed by atoms with Gasteiger partial charge in [-0.3, -0.25) is 4.79 Å². The lowest BCUT2D eigenvalue weighted by atomic mass is 10.1. The van der Waals surface area contributed by atoms with Crippen LogP contribution < -0.4 is 15.1 Å². The molecule has 3 rings (SSSR count). The van der Waals surface area contributed by atoms with Gasteiger partial charge in [0, 0.05) is 38.6 Å². The summed E-state index contributed by atoms with van der Waals surface area (Å²) in [5.41, 5.74) is 3.10. The summed E-state index contributed by atoms with van der Waals surface area (Å²) >= 11 is 6.15. The second-order valence-electron chi connectivity index (χ2n) is 6.41. The monoisotopic (exact) mass is 359 g/mol. The molecule has 2 aromatic rings. The van der Waals surface area contributed by atoms with Crippen LogP contribution in [0.4, 0.5) is 17.3 Å². The number of rotatable bonds is 4. The zero-order valence-electron chi connectivity index (χ0n) is 14.7. The van der Waals surface area contributed by atoms with Crippen molar-refractivity contribution in [3.63, 3.8) is 0 Å². The van der Waals surface area contributed by atoms with E-state index in [1.807, 2.05) is 44.1 Å². The average molecular weight is 360 g/mol. The second kappa shape index (κ2) is 7.27. The fraction of sp³-hybridized carbons (Fsp3) is 0.389. The van der Waals surface area contributed by atoms with Crippen molar-refractivity contribution < 1.29 is 4.79 Å². The minimum absolute atomic E-state index is 0.202. The first-order valence-corrected chi connectivity index (χ1v) is 8.70. The molecular weight excluding hydrogens is 338 g/mol. The Morgan fingerprint density at radius 2 is 2.00 bits per heavy atom. The molecule has 1 aromatic heterocycles. The van der Waals surface area contributed by atoms with E-state index in [1.165, 1.54) is 6.20 Å². The van der Waals surface area contributed by atoms with Crippen molar-refractivity contribution in [1.82, 2.24) is 9.97 Å². The van der Waals surface area contributed by atoms with Gasteiger partial charge in [0.15, 0.2) is 5.69 Å². The molecule has 1 amide bonds. The lowest BCUT2D eigenvalue weighted by Gasteiger charge is -2.17. The highest BCUT2D eigenvalue weighted by Gasteiger charge is 2.20. The molecule has 132 valence electrons.